The number of nitrogens with zero attached hydrogens (tertiary/aromatic N) is 2. The lowest BCUT2D eigenvalue weighted by Crippen LogP contribution is -2.27. The van der Waals surface area contributed by atoms with E-state index in [9.17, 15) is 4.79 Å². The van der Waals surface area contributed by atoms with Crippen molar-refractivity contribution in [2.24, 2.45) is 0 Å². The van der Waals surface area contributed by atoms with E-state index in [-0.39, 0.29) is 16.9 Å². The molecule has 0 spiro atoms. The molecule has 2 heterocycles. The summed E-state index contributed by atoms with van der Waals surface area (Å²) in [5, 5.41) is 9.68. The van der Waals surface area contributed by atoms with Crippen LogP contribution in [0, 0.1) is 6.92 Å². The third kappa shape index (κ3) is 3.40. The molecule has 0 fully saturated rings. The third-order valence-electron chi connectivity index (χ3n) is 3.42. The fraction of sp³-hybridized carbons (Fsp3) is 0.529. The van der Waals surface area contributed by atoms with Gasteiger partial charge in [-0.25, -0.2) is 4.68 Å². The van der Waals surface area contributed by atoms with Crippen molar-refractivity contribution in [3.05, 3.63) is 33.6 Å². The van der Waals surface area contributed by atoms with E-state index in [0.717, 1.165) is 22.0 Å². The van der Waals surface area contributed by atoms with Crippen LogP contribution < -0.4 is 5.32 Å². The first-order valence-electron chi connectivity index (χ1n) is 7.46. The standard InChI is InChI=1S/C17H25N3OS/c1-11-8-9-22-14(11)15(21)18-13-10-12(16(2,3)4)19-20(13)17(5,6)7/h8-10H,1-7H3,(H,18,21). The van der Waals surface area contributed by atoms with Gasteiger partial charge in [0.15, 0.2) is 0 Å². The molecule has 0 saturated carbocycles. The number of anilines is 1. The molecule has 0 aliphatic heterocycles. The van der Waals surface area contributed by atoms with Gasteiger partial charge < -0.3 is 5.32 Å². The second kappa shape index (κ2) is 5.54. The highest BCUT2D eigenvalue weighted by Gasteiger charge is 2.26. The first-order valence-corrected chi connectivity index (χ1v) is 8.34. The molecule has 1 amide bonds. The lowest BCUT2D eigenvalue weighted by Gasteiger charge is -2.23. The summed E-state index contributed by atoms with van der Waals surface area (Å²) < 4.78 is 1.90. The molecule has 120 valence electrons. The van der Waals surface area contributed by atoms with Crippen molar-refractivity contribution < 1.29 is 4.79 Å². The summed E-state index contributed by atoms with van der Waals surface area (Å²) >= 11 is 1.46. The van der Waals surface area contributed by atoms with Gasteiger partial charge in [-0.1, -0.05) is 20.8 Å². The van der Waals surface area contributed by atoms with Gasteiger partial charge in [-0.2, -0.15) is 5.10 Å². The van der Waals surface area contributed by atoms with Gasteiger partial charge in [0.05, 0.1) is 16.1 Å². The lowest BCUT2D eigenvalue weighted by molar-refractivity contribution is 0.102. The molecule has 2 aromatic rings. The highest BCUT2D eigenvalue weighted by molar-refractivity contribution is 7.12. The van der Waals surface area contributed by atoms with Crippen LogP contribution in [0.3, 0.4) is 0 Å². The Morgan fingerprint density at radius 2 is 1.86 bits per heavy atom. The zero-order valence-corrected chi connectivity index (χ0v) is 15.3. The van der Waals surface area contributed by atoms with E-state index < -0.39 is 0 Å². The van der Waals surface area contributed by atoms with Gasteiger partial charge in [0.1, 0.15) is 5.82 Å². The first-order chi connectivity index (χ1) is 10.00. The van der Waals surface area contributed by atoms with Gasteiger partial charge in [0.2, 0.25) is 0 Å². The molecule has 0 unspecified atom stereocenters. The van der Waals surface area contributed by atoms with E-state index in [1.165, 1.54) is 11.3 Å². The van der Waals surface area contributed by atoms with Crippen molar-refractivity contribution in [1.29, 1.82) is 0 Å². The molecule has 4 nitrogen and oxygen atoms in total. The van der Waals surface area contributed by atoms with E-state index in [0.29, 0.717) is 0 Å². The van der Waals surface area contributed by atoms with E-state index in [2.05, 4.69) is 46.9 Å². The average Bonchev–Trinajstić information content (AvgIpc) is 2.93. The molecule has 0 aliphatic carbocycles. The molecule has 2 rings (SSSR count). The number of hydrogen-bond donors (Lipinski definition) is 1. The summed E-state index contributed by atoms with van der Waals surface area (Å²) in [6.45, 7) is 14.6. The topological polar surface area (TPSA) is 46.9 Å². The lowest BCUT2D eigenvalue weighted by atomic mass is 9.92. The van der Waals surface area contributed by atoms with Crippen LogP contribution in [-0.2, 0) is 11.0 Å². The monoisotopic (exact) mass is 319 g/mol. The number of rotatable bonds is 2. The molecule has 0 saturated heterocycles. The smallest absolute Gasteiger partial charge is 0.267 e. The first kappa shape index (κ1) is 16.7. The maximum absolute atomic E-state index is 12.5. The van der Waals surface area contributed by atoms with E-state index in [1.807, 2.05) is 29.1 Å². The van der Waals surface area contributed by atoms with Gasteiger partial charge in [-0.15, -0.1) is 11.3 Å². The van der Waals surface area contributed by atoms with Crippen LogP contribution >= 0.6 is 11.3 Å². The van der Waals surface area contributed by atoms with Crippen LogP contribution in [-0.4, -0.2) is 15.7 Å². The number of hydrogen-bond acceptors (Lipinski definition) is 3. The Labute approximate surface area is 136 Å². The Morgan fingerprint density at radius 3 is 2.32 bits per heavy atom. The molecular formula is C17H25N3OS. The maximum atomic E-state index is 12.5. The van der Waals surface area contributed by atoms with Crippen molar-refractivity contribution in [2.75, 3.05) is 5.32 Å². The third-order valence-corrected chi connectivity index (χ3v) is 4.44. The molecule has 0 aliphatic rings. The molecule has 22 heavy (non-hydrogen) atoms. The molecular weight excluding hydrogens is 294 g/mol. The highest BCUT2D eigenvalue weighted by atomic mass is 32.1. The molecule has 0 aromatic carbocycles. The minimum Gasteiger partial charge on any atom is -0.306 e. The minimum atomic E-state index is -0.198. The predicted molar refractivity (Wildman–Crippen MR) is 92.9 cm³/mol. The summed E-state index contributed by atoms with van der Waals surface area (Å²) in [5.41, 5.74) is 1.71. The zero-order valence-electron chi connectivity index (χ0n) is 14.4. The number of carbonyl (C=O) groups excluding carboxylic acids is 1. The minimum absolute atomic E-state index is 0.0607. The van der Waals surface area contributed by atoms with Crippen LogP contribution in [0.1, 0.15) is 62.5 Å². The van der Waals surface area contributed by atoms with Crippen molar-refractivity contribution in [1.82, 2.24) is 9.78 Å². The van der Waals surface area contributed by atoms with Crippen molar-refractivity contribution in [2.45, 2.75) is 59.4 Å². The average molecular weight is 319 g/mol. The van der Waals surface area contributed by atoms with E-state index >= 15 is 0 Å². The Bertz CT molecular complexity index is 684. The maximum Gasteiger partial charge on any atom is 0.267 e. The van der Waals surface area contributed by atoms with Crippen molar-refractivity contribution in [3.63, 3.8) is 0 Å². The van der Waals surface area contributed by atoms with Crippen LogP contribution in [0.25, 0.3) is 0 Å². The Morgan fingerprint density at radius 1 is 1.23 bits per heavy atom. The summed E-state index contributed by atoms with van der Waals surface area (Å²) in [6.07, 6.45) is 0. The quantitative estimate of drug-likeness (QED) is 0.882. The van der Waals surface area contributed by atoms with E-state index in [1.54, 1.807) is 0 Å². The summed E-state index contributed by atoms with van der Waals surface area (Å²) in [4.78, 5) is 13.2. The summed E-state index contributed by atoms with van der Waals surface area (Å²) in [7, 11) is 0. The summed E-state index contributed by atoms with van der Waals surface area (Å²) in [5.74, 6) is 0.675. The van der Waals surface area contributed by atoms with E-state index in [4.69, 9.17) is 5.10 Å². The Hall–Kier alpha value is -1.62. The van der Waals surface area contributed by atoms with Crippen LogP contribution in [0.4, 0.5) is 5.82 Å². The molecule has 0 atom stereocenters. The fourth-order valence-corrected chi connectivity index (χ4v) is 2.95. The summed E-state index contributed by atoms with van der Waals surface area (Å²) in [6, 6.07) is 3.94. The van der Waals surface area contributed by atoms with Gasteiger partial charge in [-0.3, -0.25) is 4.79 Å². The highest BCUT2D eigenvalue weighted by Crippen LogP contribution is 2.29. The number of aryl methyl sites for hydroxylation is 1. The normalized spacial score (nSPS) is 12.5. The van der Waals surface area contributed by atoms with Crippen molar-refractivity contribution in [3.8, 4) is 0 Å². The predicted octanol–water partition coefficient (Wildman–Crippen LogP) is 4.56. The van der Waals surface area contributed by atoms with Gasteiger partial charge in [0, 0.05) is 11.5 Å². The number of thiophene rings is 1. The number of carbonyl (C=O) groups is 1. The Balaban J connectivity index is 2.40. The van der Waals surface area contributed by atoms with Gasteiger partial charge >= 0.3 is 0 Å². The molecule has 2 aromatic heterocycles. The molecule has 5 heteroatoms. The molecule has 0 bridgehead atoms. The van der Waals surface area contributed by atoms with Crippen LogP contribution in [0.5, 0.6) is 0 Å². The zero-order chi connectivity index (χ0) is 16.7. The van der Waals surface area contributed by atoms with Crippen molar-refractivity contribution >= 4 is 23.1 Å². The molecule has 1 N–H and O–H groups in total. The molecule has 0 radical (unpaired) electrons. The number of aromatic nitrogens is 2. The second-order valence-electron chi connectivity index (χ2n) is 7.63. The van der Waals surface area contributed by atoms with Crippen LogP contribution in [0.15, 0.2) is 17.5 Å². The number of nitrogens with one attached hydrogen (secondary N) is 1. The van der Waals surface area contributed by atoms with Crippen LogP contribution in [0.2, 0.25) is 0 Å². The van der Waals surface area contributed by atoms with Gasteiger partial charge in [-0.05, 0) is 44.7 Å². The fourth-order valence-electron chi connectivity index (χ4n) is 2.13. The van der Waals surface area contributed by atoms with Gasteiger partial charge in [0.25, 0.3) is 5.91 Å². The largest absolute Gasteiger partial charge is 0.306 e. The number of amides is 1. The SMILES string of the molecule is Cc1ccsc1C(=O)Nc1cc(C(C)(C)C)nn1C(C)(C)C. The second-order valence-corrected chi connectivity index (χ2v) is 8.55. The Kier molecular flexibility index (Phi) is 4.22.